The molecule has 0 aromatic heterocycles. The molecule has 1 aliphatic rings. The number of hydrogen-bond acceptors (Lipinski definition) is 7. The Morgan fingerprint density at radius 1 is 0.970 bits per heavy atom. The molecule has 0 N–H and O–H groups in total. The summed E-state index contributed by atoms with van der Waals surface area (Å²) < 4.78 is 10.6. The number of nitro groups is 1. The predicted octanol–water partition coefficient (Wildman–Crippen LogP) is 4.56. The Morgan fingerprint density at radius 2 is 1.67 bits per heavy atom. The van der Waals surface area contributed by atoms with E-state index in [2.05, 4.69) is 4.99 Å². The van der Waals surface area contributed by atoms with Gasteiger partial charge in [0.2, 0.25) is 5.90 Å². The minimum atomic E-state index is -0.687. The summed E-state index contributed by atoms with van der Waals surface area (Å²) in [5.74, 6) is -0.983. The van der Waals surface area contributed by atoms with E-state index in [1.165, 1.54) is 36.4 Å². The highest BCUT2D eigenvalue weighted by Gasteiger charge is 2.25. The van der Waals surface area contributed by atoms with E-state index in [0.717, 1.165) is 5.56 Å². The normalized spacial score (nSPS) is 14.2. The molecule has 8 heteroatoms. The minimum Gasteiger partial charge on any atom is -0.423 e. The smallest absolute Gasteiger partial charge is 0.363 e. The standard InChI is InChI=1S/C25H16N2O6/c28-23(15-10-17-6-2-1-3-7-17)32-22-9-5-4-8-19(22)16-21-25(29)33-24(26-21)18-11-13-20(14-12-18)27(30)31/h1-16H/b15-10+,21-16+. The molecule has 3 aromatic carbocycles. The molecule has 1 heterocycles. The molecule has 0 fully saturated rings. The number of carbonyl (C=O) groups is 2. The maximum atomic E-state index is 12.3. The Bertz CT molecular complexity index is 1310. The first-order valence-corrected chi connectivity index (χ1v) is 9.81. The van der Waals surface area contributed by atoms with Crippen molar-refractivity contribution in [3.8, 4) is 5.75 Å². The third-order valence-corrected chi connectivity index (χ3v) is 4.58. The van der Waals surface area contributed by atoms with Gasteiger partial charge in [0, 0.05) is 29.3 Å². The average molecular weight is 440 g/mol. The van der Waals surface area contributed by atoms with Gasteiger partial charge in [-0.25, -0.2) is 14.6 Å². The van der Waals surface area contributed by atoms with Crippen LogP contribution < -0.4 is 4.74 Å². The Morgan fingerprint density at radius 3 is 2.39 bits per heavy atom. The van der Waals surface area contributed by atoms with Gasteiger partial charge >= 0.3 is 11.9 Å². The molecule has 0 radical (unpaired) electrons. The second-order valence-electron chi connectivity index (χ2n) is 6.84. The molecule has 0 saturated heterocycles. The van der Waals surface area contributed by atoms with Crippen LogP contribution in [0.1, 0.15) is 16.7 Å². The van der Waals surface area contributed by atoms with E-state index in [4.69, 9.17) is 9.47 Å². The summed E-state index contributed by atoms with van der Waals surface area (Å²) in [6.45, 7) is 0. The van der Waals surface area contributed by atoms with Gasteiger partial charge in [-0.15, -0.1) is 0 Å². The highest BCUT2D eigenvalue weighted by atomic mass is 16.6. The lowest BCUT2D eigenvalue weighted by molar-refractivity contribution is -0.384. The van der Waals surface area contributed by atoms with Crippen LogP contribution >= 0.6 is 0 Å². The number of aliphatic imine (C=N–C) groups is 1. The molecule has 0 aliphatic carbocycles. The second-order valence-corrected chi connectivity index (χ2v) is 6.84. The number of esters is 2. The highest BCUT2D eigenvalue weighted by Crippen LogP contribution is 2.25. The highest BCUT2D eigenvalue weighted by molar-refractivity contribution is 6.13. The summed E-state index contributed by atoms with van der Waals surface area (Å²) in [4.78, 5) is 39.0. The van der Waals surface area contributed by atoms with E-state index in [9.17, 15) is 19.7 Å². The lowest BCUT2D eigenvalue weighted by Gasteiger charge is -2.05. The van der Waals surface area contributed by atoms with Gasteiger partial charge in [0.05, 0.1) is 4.92 Å². The van der Waals surface area contributed by atoms with E-state index in [1.54, 1.807) is 30.3 Å². The van der Waals surface area contributed by atoms with Gasteiger partial charge in [0.1, 0.15) is 5.75 Å². The molecule has 0 unspecified atom stereocenters. The molecular weight excluding hydrogens is 424 g/mol. The van der Waals surface area contributed by atoms with Crippen molar-refractivity contribution < 1.29 is 24.0 Å². The maximum Gasteiger partial charge on any atom is 0.363 e. The summed E-state index contributed by atoms with van der Waals surface area (Å²) in [5.41, 5.74) is 1.65. The van der Waals surface area contributed by atoms with Crippen LogP contribution in [0.2, 0.25) is 0 Å². The van der Waals surface area contributed by atoms with Crippen molar-refractivity contribution in [3.63, 3.8) is 0 Å². The fraction of sp³-hybridized carbons (Fsp3) is 0. The molecule has 0 amide bonds. The predicted molar refractivity (Wildman–Crippen MR) is 121 cm³/mol. The number of hydrogen-bond donors (Lipinski definition) is 0. The maximum absolute atomic E-state index is 12.3. The van der Waals surface area contributed by atoms with Gasteiger partial charge < -0.3 is 9.47 Å². The van der Waals surface area contributed by atoms with Crippen LogP contribution in [0.3, 0.4) is 0 Å². The summed E-state index contributed by atoms with van der Waals surface area (Å²) in [6, 6.07) is 21.5. The number of nitrogens with zero attached hydrogens (tertiary/aromatic N) is 2. The zero-order valence-corrected chi connectivity index (χ0v) is 17.1. The van der Waals surface area contributed by atoms with E-state index < -0.39 is 16.9 Å². The van der Waals surface area contributed by atoms with Crippen LogP contribution in [0.4, 0.5) is 5.69 Å². The first kappa shape index (κ1) is 21.4. The van der Waals surface area contributed by atoms with Crippen LogP contribution in [0.25, 0.3) is 12.2 Å². The van der Waals surface area contributed by atoms with E-state index >= 15 is 0 Å². The van der Waals surface area contributed by atoms with Crippen LogP contribution in [0, 0.1) is 10.1 Å². The molecule has 4 rings (SSSR count). The van der Waals surface area contributed by atoms with E-state index in [1.807, 2.05) is 30.3 Å². The lowest BCUT2D eigenvalue weighted by Crippen LogP contribution is -2.06. The van der Waals surface area contributed by atoms with Gasteiger partial charge in [-0.2, -0.15) is 0 Å². The van der Waals surface area contributed by atoms with Gasteiger partial charge in [0.25, 0.3) is 5.69 Å². The van der Waals surface area contributed by atoms with Gasteiger partial charge in [0.15, 0.2) is 5.70 Å². The van der Waals surface area contributed by atoms with Crippen LogP contribution in [-0.2, 0) is 14.3 Å². The number of non-ortho nitro benzene ring substituents is 1. The van der Waals surface area contributed by atoms with E-state index in [0.29, 0.717) is 11.1 Å². The number of benzene rings is 3. The summed E-state index contributed by atoms with van der Waals surface area (Å²) in [5, 5.41) is 10.8. The summed E-state index contributed by atoms with van der Waals surface area (Å²) in [7, 11) is 0. The van der Waals surface area contributed by atoms with Crippen molar-refractivity contribution >= 4 is 35.7 Å². The molecule has 33 heavy (non-hydrogen) atoms. The number of cyclic esters (lactones) is 1. The van der Waals surface area contributed by atoms with Gasteiger partial charge in [-0.3, -0.25) is 10.1 Å². The number of carbonyl (C=O) groups excluding carboxylic acids is 2. The lowest BCUT2D eigenvalue weighted by atomic mass is 10.1. The third-order valence-electron chi connectivity index (χ3n) is 4.58. The number of nitro benzene ring substituents is 1. The van der Waals surface area contributed by atoms with Crippen molar-refractivity contribution in [2.24, 2.45) is 4.99 Å². The Kier molecular flexibility index (Phi) is 6.17. The molecule has 1 aliphatic heterocycles. The van der Waals surface area contributed by atoms with E-state index in [-0.39, 0.29) is 23.0 Å². The number of rotatable bonds is 6. The SMILES string of the molecule is O=C(/C=C/c1ccccc1)Oc1ccccc1/C=C1/N=C(c2ccc([N+](=O)[O-])cc2)OC1=O. The fourth-order valence-corrected chi connectivity index (χ4v) is 2.97. The quantitative estimate of drug-likeness (QED) is 0.183. The topological polar surface area (TPSA) is 108 Å². The van der Waals surface area contributed by atoms with Crippen molar-refractivity contribution in [2.75, 3.05) is 0 Å². The molecule has 0 spiro atoms. The van der Waals surface area contributed by atoms with Crippen molar-refractivity contribution in [1.82, 2.24) is 0 Å². The molecule has 3 aromatic rings. The van der Waals surface area contributed by atoms with Crippen LogP contribution in [0.5, 0.6) is 5.75 Å². The van der Waals surface area contributed by atoms with Crippen molar-refractivity contribution in [2.45, 2.75) is 0 Å². The molecule has 8 nitrogen and oxygen atoms in total. The minimum absolute atomic E-state index is 0.00618. The molecule has 0 atom stereocenters. The molecule has 162 valence electrons. The van der Waals surface area contributed by atoms with Gasteiger partial charge in [-0.05, 0) is 35.9 Å². The average Bonchev–Trinajstić information content (AvgIpc) is 3.20. The Balaban J connectivity index is 1.54. The third kappa shape index (κ3) is 5.26. The van der Waals surface area contributed by atoms with Crippen molar-refractivity contribution in [1.29, 1.82) is 0 Å². The first-order valence-electron chi connectivity index (χ1n) is 9.81. The van der Waals surface area contributed by atoms with Crippen molar-refractivity contribution in [3.05, 3.63) is 117 Å². The molecule has 0 saturated carbocycles. The molecular formula is C25H16N2O6. The van der Waals surface area contributed by atoms with Crippen LogP contribution in [-0.4, -0.2) is 22.8 Å². The summed E-state index contributed by atoms with van der Waals surface area (Å²) >= 11 is 0. The zero-order valence-electron chi connectivity index (χ0n) is 17.1. The largest absolute Gasteiger partial charge is 0.423 e. The second kappa shape index (κ2) is 9.52. The fourth-order valence-electron chi connectivity index (χ4n) is 2.97. The van der Waals surface area contributed by atoms with Crippen LogP contribution in [0.15, 0.2) is 95.6 Å². The number of ether oxygens (including phenoxy) is 2. The summed E-state index contributed by atoms with van der Waals surface area (Å²) in [6.07, 6.45) is 4.40. The molecule has 0 bridgehead atoms. The monoisotopic (exact) mass is 440 g/mol. The van der Waals surface area contributed by atoms with Gasteiger partial charge in [-0.1, -0.05) is 48.5 Å². The first-order chi connectivity index (χ1) is 16.0. The Hall–Kier alpha value is -4.85. The Labute approximate surface area is 188 Å². The zero-order chi connectivity index (χ0) is 23.2. The number of para-hydroxylation sites is 1.